The maximum atomic E-state index is 3.56. The Morgan fingerprint density at radius 3 is 2.18 bits per heavy atom. The molecule has 0 fully saturated rings. The van der Waals surface area contributed by atoms with Crippen LogP contribution in [0.5, 0.6) is 0 Å². The van der Waals surface area contributed by atoms with Gasteiger partial charge < -0.3 is 5.32 Å². The SMILES string of the molecule is CCCCNC(C)(C)C(C)C. The monoisotopic (exact) mass is 157 g/mol. The van der Waals surface area contributed by atoms with Crippen molar-refractivity contribution in [2.24, 2.45) is 5.92 Å². The number of nitrogens with one attached hydrogen (secondary N) is 1. The third-order valence-electron chi connectivity index (χ3n) is 2.55. The van der Waals surface area contributed by atoms with Crippen molar-refractivity contribution in [2.75, 3.05) is 6.54 Å². The van der Waals surface area contributed by atoms with E-state index < -0.39 is 0 Å². The van der Waals surface area contributed by atoms with Crippen LogP contribution in [-0.2, 0) is 0 Å². The molecule has 1 heteroatoms. The molecule has 0 aromatic rings. The molecule has 0 radical (unpaired) electrons. The van der Waals surface area contributed by atoms with E-state index in [1.165, 1.54) is 12.8 Å². The van der Waals surface area contributed by atoms with Crippen molar-refractivity contribution in [3.05, 3.63) is 0 Å². The second-order valence-electron chi connectivity index (χ2n) is 4.16. The zero-order valence-electron chi connectivity index (χ0n) is 8.70. The van der Waals surface area contributed by atoms with Gasteiger partial charge in [-0.25, -0.2) is 0 Å². The summed E-state index contributed by atoms with van der Waals surface area (Å²) >= 11 is 0. The molecule has 0 aliphatic carbocycles. The Kier molecular flexibility index (Phi) is 4.74. The molecule has 0 aromatic heterocycles. The van der Waals surface area contributed by atoms with Gasteiger partial charge in [0.05, 0.1) is 0 Å². The summed E-state index contributed by atoms with van der Waals surface area (Å²) in [6, 6.07) is 0. The van der Waals surface area contributed by atoms with Crippen molar-refractivity contribution in [3.63, 3.8) is 0 Å². The van der Waals surface area contributed by atoms with Crippen LogP contribution >= 0.6 is 0 Å². The van der Waals surface area contributed by atoms with Gasteiger partial charge in [0, 0.05) is 5.54 Å². The van der Waals surface area contributed by atoms with E-state index >= 15 is 0 Å². The van der Waals surface area contributed by atoms with E-state index in [0.717, 1.165) is 6.54 Å². The molecule has 0 aromatic carbocycles. The third kappa shape index (κ3) is 4.41. The van der Waals surface area contributed by atoms with Crippen LogP contribution in [0.25, 0.3) is 0 Å². The van der Waals surface area contributed by atoms with Gasteiger partial charge in [-0.05, 0) is 32.7 Å². The number of hydrogen-bond acceptors (Lipinski definition) is 1. The van der Waals surface area contributed by atoms with Gasteiger partial charge in [0.1, 0.15) is 0 Å². The number of unbranched alkanes of at least 4 members (excludes halogenated alkanes) is 1. The standard InChI is InChI=1S/C10H23N/c1-6-7-8-11-10(4,5)9(2)3/h9,11H,6-8H2,1-5H3. The number of rotatable bonds is 5. The van der Waals surface area contributed by atoms with E-state index in [1.807, 2.05) is 0 Å². The average molecular weight is 157 g/mol. The quantitative estimate of drug-likeness (QED) is 0.605. The first-order chi connectivity index (χ1) is 5.00. The van der Waals surface area contributed by atoms with Crippen LogP contribution in [-0.4, -0.2) is 12.1 Å². The molecule has 0 bridgehead atoms. The summed E-state index contributed by atoms with van der Waals surface area (Å²) in [4.78, 5) is 0. The predicted molar refractivity (Wildman–Crippen MR) is 51.8 cm³/mol. The van der Waals surface area contributed by atoms with E-state index in [9.17, 15) is 0 Å². The Hall–Kier alpha value is -0.0400. The molecule has 68 valence electrons. The lowest BCUT2D eigenvalue weighted by Crippen LogP contribution is -2.44. The zero-order chi connectivity index (χ0) is 8.91. The van der Waals surface area contributed by atoms with E-state index in [0.29, 0.717) is 11.5 Å². The molecule has 0 aliphatic rings. The van der Waals surface area contributed by atoms with Crippen LogP contribution in [0.3, 0.4) is 0 Å². The van der Waals surface area contributed by atoms with Gasteiger partial charge in [-0.15, -0.1) is 0 Å². The minimum absolute atomic E-state index is 0.301. The van der Waals surface area contributed by atoms with Gasteiger partial charge in [-0.3, -0.25) is 0 Å². The molecule has 0 saturated carbocycles. The lowest BCUT2D eigenvalue weighted by molar-refractivity contribution is 0.287. The summed E-state index contributed by atoms with van der Waals surface area (Å²) in [6.45, 7) is 12.4. The highest BCUT2D eigenvalue weighted by Gasteiger charge is 2.20. The van der Waals surface area contributed by atoms with Gasteiger partial charge in [-0.2, -0.15) is 0 Å². The lowest BCUT2D eigenvalue weighted by atomic mass is 9.91. The Labute approximate surface area is 71.6 Å². The molecular formula is C10H23N. The maximum Gasteiger partial charge on any atom is 0.0148 e. The second kappa shape index (κ2) is 4.76. The molecule has 0 amide bonds. The first kappa shape index (κ1) is 11.0. The van der Waals surface area contributed by atoms with Crippen molar-refractivity contribution < 1.29 is 0 Å². The fourth-order valence-electron chi connectivity index (χ4n) is 0.791. The summed E-state index contributed by atoms with van der Waals surface area (Å²) in [6.07, 6.45) is 2.57. The van der Waals surface area contributed by atoms with Crippen molar-refractivity contribution in [1.29, 1.82) is 0 Å². The van der Waals surface area contributed by atoms with Crippen LogP contribution in [0.15, 0.2) is 0 Å². The summed E-state index contributed by atoms with van der Waals surface area (Å²) in [5.74, 6) is 0.708. The van der Waals surface area contributed by atoms with Crippen molar-refractivity contribution in [3.8, 4) is 0 Å². The van der Waals surface area contributed by atoms with Crippen molar-refractivity contribution in [2.45, 2.75) is 53.0 Å². The maximum absolute atomic E-state index is 3.56. The Bertz CT molecular complexity index is 95.0. The smallest absolute Gasteiger partial charge is 0.0148 e. The van der Waals surface area contributed by atoms with Crippen molar-refractivity contribution in [1.82, 2.24) is 5.32 Å². The molecule has 0 rings (SSSR count). The van der Waals surface area contributed by atoms with E-state index in [1.54, 1.807) is 0 Å². The van der Waals surface area contributed by atoms with E-state index in [-0.39, 0.29) is 0 Å². The molecule has 0 heterocycles. The molecule has 1 nitrogen and oxygen atoms in total. The zero-order valence-corrected chi connectivity index (χ0v) is 8.70. The normalized spacial score (nSPS) is 12.5. The molecule has 1 N–H and O–H groups in total. The Balaban J connectivity index is 3.55. The Morgan fingerprint density at radius 1 is 1.27 bits per heavy atom. The minimum Gasteiger partial charge on any atom is -0.312 e. The molecule has 0 unspecified atom stereocenters. The average Bonchev–Trinajstić information content (AvgIpc) is 1.88. The third-order valence-corrected chi connectivity index (χ3v) is 2.55. The van der Waals surface area contributed by atoms with Gasteiger partial charge in [-0.1, -0.05) is 27.2 Å². The first-order valence-corrected chi connectivity index (χ1v) is 4.75. The van der Waals surface area contributed by atoms with Gasteiger partial charge >= 0.3 is 0 Å². The van der Waals surface area contributed by atoms with Crippen LogP contribution in [0.1, 0.15) is 47.5 Å². The van der Waals surface area contributed by atoms with E-state index in [2.05, 4.69) is 39.9 Å². The highest BCUT2D eigenvalue weighted by atomic mass is 15.0. The summed E-state index contributed by atoms with van der Waals surface area (Å²) in [5.41, 5.74) is 0.301. The lowest BCUT2D eigenvalue weighted by Gasteiger charge is -2.30. The fraction of sp³-hybridized carbons (Fsp3) is 1.00. The minimum atomic E-state index is 0.301. The van der Waals surface area contributed by atoms with Gasteiger partial charge in [0.15, 0.2) is 0 Å². The molecule has 0 saturated heterocycles. The van der Waals surface area contributed by atoms with Crippen molar-refractivity contribution >= 4 is 0 Å². The highest BCUT2D eigenvalue weighted by Crippen LogP contribution is 2.14. The molecule has 0 aliphatic heterocycles. The molecular weight excluding hydrogens is 134 g/mol. The summed E-state index contributed by atoms with van der Waals surface area (Å²) in [5, 5.41) is 3.56. The van der Waals surface area contributed by atoms with Crippen LogP contribution < -0.4 is 5.32 Å². The predicted octanol–water partition coefficient (Wildman–Crippen LogP) is 2.81. The van der Waals surface area contributed by atoms with Crippen LogP contribution in [0, 0.1) is 5.92 Å². The fourth-order valence-corrected chi connectivity index (χ4v) is 0.791. The molecule has 0 spiro atoms. The Morgan fingerprint density at radius 2 is 1.82 bits per heavy atom. The first-order valence-electron chi connectivity index (χ1n) is 4.75. The van der Waals surface area contributed by atoms with Crippen LogP contribution in [0.4, 0.5) is 0 Å². The van der Waals surface area contributed by atoms with Crippen LogP contribution in [0.2, 0.25) is 0 Å². The second-order valence-corrected chi connectivity index (χ2v) is 4.16. The summed E-state index contributed by atoms with van der Waals surface area (Å²) < 4.78 is 0. The summed E-state index contributed by atoms with van der Waals surface area (Å²) in [7, 11) is 0. The van der Waals surface area contributed by atoms with Gasteiger partial charge in [0.25, 0.3) is 0 Å². The highest BCUT2D eigenvalue weighted by molar-refractivity contribution is 4.80. The topological polar surface area (TPSA) is 12.0 Å². The molecule has 11 heavy (non-hydrogen) atoms. The largest absolute Gasteiger partial charge is 0.312 e. The van der Waals surface area contributed by atoms with E-state index in [4.69, 9.17) is 0 Å². The number of hydrogen-bond donors (Lipinski definition) is 1. The molecule has 0 atom stereocenters. The van der Waals surface area contributed by atoms with Gasteiger partial charge in [0.2, 0.25) is 0 Å².